The van der Waals surface area contributed by atoms with E-state index in [1.54, 1.807) is 31.2 Å². The lowest BCUT2D eigenvalue weighted by molar-refractivity contribution is -0.896. The first-order valence-electron chi connectivity index (χ1n) is 9.86. The molecule has 30 heavy (non-hydrogen) atoms. The molecule has 0 spiro atoms. The summed E-state index contributed by atoms with van der Waals surface area (Å²) in [7, 11) is 2.71. The van der Waals surface area contributed by atoms with Crippen LogP contribution in [-0.4, -0.2) is 52.2 Å². The number of likely N-dealkylation sites (N-methyl/N-ethyl adjacent to an activating group) is 1. The molecule has 0 saturated heterocycles. The van der Waals surface area contributed by atoms with Crippen LogP contribution >= 0.6 is 0 Å². The van der Waals surface area contributed by atoms with Crippen LogP contribution in [-0.2, 0) is 18.8 Å². The number of hydrogen-bond acceptors (Lipinski definition) is 6. The van der Waals surface area contributed by atoms with Crippen LogP contribution in [0.25, 0.3) is 0 Å². The molecule has 9 nitrogen and oxygen atoms in total. The second-order valence-corrected chi connectivity index (χ2v) is 6.99. The summed E-state index contributed by atoms with van der Waals surface area (Å²) in [6.45, 7) is 8.82. The number of aliphatic imine (C=N–C) groups is 1. The Kier molecular flexibility index (Phi) is 7.71. The summed E-state index contributed by atoms with van der Waals surface area (Å²) in [5.41, 5.74) is -0.163. The van der Waals surface area contributed by atoms with Crippen LogP contribution in [0.2, 0.25) is 0 Å². The Bertz CT molecular complexity index is 1050. The van der Waals surface area contributed by atoms with Gasteiger partial charge in [0.05, 0.1) is 30.1 Å². The van der Waals surface area contributed by atoms with Crippen molar-refractivity contribution < 1.29 is 19.5 Å². The molecular weight excluding hydrogens is 388 g/mol. The number of carbonyl (C=O) groups is 1. The minimum absolute atomic E-state index is 0.0537. The van der Waals surface area contributed by atoms with Gasteiger partial charge in [0.25, 0.3) is 5.56 Å². The van der Waals surface area contributed by atoms with E-state index in [2.05, 4.69) is 18.8 Å². The molecule has 0 radical (unpaired) electrons. The number of nitrogens with one attached hydrogen (secondary N) is 1. The molecule has 0 fully saturated rings. The number of nitrogens with zero attached hydrogens (tertiary/aromatic N) is 3. The van der Waals surface area contributed by atoms with E-state index in [0.29, 0.717) is 17.9 Å². The molecule has 0 unspecified atom stereocenters. The van der Waals surface area contributed by atoms with Gasteiger partial charge in [0.15, 0.2) is 0 Å². The van der Waals surface area contributed by atoms with Crippen LogP contribution in [0, 0.1) is 0 Å². The third kappa shape index (κ3) is 5.04. The number of quaternary nitrogens is 1. The van der Waals surface area contributed by atoms with Gasteiger partial charge in [0.1, 0.15) is 18.7 Å². The minimum atomic E-state index is -0.632. The van der Waals surface area contributed by atoms with Crippen molar-refractivity contribution in [2.24, 2.45) is 19.1 Å². The Morgan fingerprint density at radius 1 is 1.10 bits per heavy atom. The predicted molar refractivity (Wildman–Crippen MR) is 114 cm³/mol. The number of hydrogen-bond donors (Lipinski definition) is 2. The van der Waals surface area contributed by atoms with Crippen molar-refractivity contribution in [1.82, 2.24) is 9.13 Å². The molecule has 162 valence electrons. The van der Waals surface area contributed by atoms with Gasteiger partial charge >= 0.3 is 11.7 Å². The van der Waals surface area contributed by atoms with E-state index < -0.39 is 23.1 Å². The highest BCUT2D eigenvalue weighted by Gasteiger charge is 2.17. The normalized spacial score (nSPS) is 11.7. The summed E-state index contributed by atoms with van der Waals surface area (Å²) in [6, 6.07) is 6.44. The summed E-state index contributed by atoms with van der Waals surface area (Å²) >= 11 is 0. The number of aromatic hydroxyl groups is 1. The van der Waals surface area contributed by atoms with Crippen LogP contribution in [0.1, 0.15) is 36.7 Å². The van der Waals surface area contributed by atoms with E-state index in [4.69, 9.17) is 4.74 Å². The van der Waals surface area contributed by atoms with E-state index in [0.717, 1.165) is 28.8 Å². The maximum Gasteiger partial charge on any atom is 0.338 e. The molecule has 0 atom stereocenters. The van der Waals surface area contributed by atoms with Gasteiger partial charge in [0, 0.05) is 14.1 Å². The Morgan fingerprint density at radius 2 is 1.70 bits per heavy atom. The average Bonchev–Trinajstić information content (AvgIpc) is 2.74. The van der Waals surface area contributed by atoms with Gasteiger partial charge in [-0.1, -0.05) is 0 Å². The van der Waals surface area contributed by atoms with Crippen molar-refractivity contribution in [1.29, 1.82) is 0 Å². The van der Waals surface area contributed by atoms with E-state index in [9.17, 15) is 19.5 Å². The molecule has 0 aliphatic heterocycles. The Labute approximate surface area is 174 Å². The molecule has 0 aliphatic rings. The first-order valence-corrected chi connectivity index (χ1v) is 9.86. The second-order valence-electron chi connectivity index (χ2n) is 6.99. The second kappa shape index (κ2) is 10.0. The fourth-order valence-corrected chi connectivity index (χ4v) is 3.05. The van der Waals surface area contributed by atoms with Crippen molar-refractivity contribution in [3.05, 3.63) is 56.2 Å². The number of rotatable bonds is 8. The minimum Gasteiger partial charge on any atom is -0.494 e. The van der Waals surface area contributed by atoms with Gasteiger partial charge in [-0.05, 0) is 45.0 Å². The van der Waals surface area contributed by atoms with Gasteiger partial charge in [-0.3, -0.25) is 18.9 Å². The van der Waals surface area contributed by atoms with Gasteiger partial charge < -0.3 is 14.7 Å². The fraction of sp³-hybridized carbons (Fsp3) is 0.429. The van der Waals surface area contributed by atoms with Crippen molar-refractivity contribution in [3.63, 3.8) is 0 Å². The van der Waals surface area contributed by atoms with Crippen LogP contribution in [0.5, 0.6) is 5.88 Å². The lowest BCUT2D eigenvalue weighted by atomic mass is 10.2. The number of benzene rings is 1. The highest BCUT2D eigenvalue weighted by Crippen LogP contribution is 2.17. The topological polar surface area (TPSA) is 107 Å². The number of ether oxygens (including phenoxy) is 1. The molecule has 2 rings (SSSR count). The Morgan fingerprint density at radius 3 is 2.27 bits per heavy atom. The van der Waals surface area contributed by atoms with Gasteiger partial charge in [-0.2, -0.15) is 0 Å². The third-order valence-electron chi connectivity index (χ3n) is 5.08. The summed E-state index contributed by atoms with van der Waals surface area (Å²) < 4.78 is 7.21. The molecule has 1 heterocycles. The molecule has 0 amide bonds. The molecule has 0 saturated carbocycles. The monoisotopic (exact) mass is 417 g/mol. The fourth-order valence-electron chi connectivity index (χ4n) is 3.05. The molecular formula is C21H29N4O5+. The molecule has 9 heteroatoms. The summed E-state index contributed by atoms with van der Waals surface area (Å²) in [4.78, 5) is 42.1. The average molecular weight is 417 g/mol. The highest BCUT2D eigenvalue weighted by atomic mass is 16.5. The number of esters is 1. The van der Waals surface area contributed by atoms with Crippen LogP contribution in [0.4, 0.5) is 5.69 Å². The largest absolute Gasteiger partial charge is 0.494 e. The maximum absolute atomic E-state index is 12.4. The summed E-state index contributed by atoms with van der Waals surface area (Å²) in [5.74, 6) is -0.849. The lowest BCUT2D eigenvalue weighted by Gasteiger charge is -2.15. The molecule has 1 aromatic heterocycles. The zero-order valence-corrected chi connectivity index (χ0v) is 18.1. The molecule has 2 N–H and O–H groups in total. The Hall–Kier alpha value is -3.20. The first kappa shape index (κ1) is 23.1. The predicted octanol–water partition coefficient (Wildman–Crippen LogP) is 0.0118. The molecule has 1 aromatic carbocycles. The molecule has 2 aromatic rings. The zero-order valence-electron chi connectivity index (χ0n) is 18.1. The SMILES string of the molecule is CC[NH+](CC)CCOC(=O)c1ccc(N=C(C)c2c(O)n(C)c(=O)n(C)c2=O)cc1. The summed E-state index contributed by atoms with van der Waals surface area (Å²) in [5, 5.41) is 10.2. The lowest BCUT2D eigenvalue weighted by Crippen LogP contribution is -3.11. The van der Waals surface area contributed by atoms with Crippen LogP contribution in [0.3, 0.4) is 0 Å². The van der Waals surface area contributed by atoms with Crippen LogP contribution in [0.15, 0.2) is 38.8 Å². The Balaban J connectivity index is 2.18. The quantitative estimate of drug-likeness (QED) is 0.465. The van der Waals surface area contributed by atoms with Gasteiger partial charge in [-0.15, -0.1) is 0 Å². The highest BCUT2D eigenvalue weighted by molar-refractivity contribution is 6.01. The summed E-state index contributed by atoms with van der Waals surface area (Å²) in [6.07, 6.45) is 0. The van der Waals surface area contributed by atoms with E-state index in [-0.39, 0.29) is 11.3 Å². The van der Waals surface area contributed by atoms with Crippen molar-refractivity contribution in [2.75, 3.05) is 26.2 Å². The van der Waals surface area contributed by atoms with Gasteiger partial charge in [-0.25, -0.2) is 9.59 Å². The van der Waals surface area contributed by atoms with E-state index in [1.807, 2.05) is 0 Å². The molecule has 0 bridgehead atoms. The standard InChI is InChI=1S/C21H28N4O5/c1-6-25(7-2)12-13-30-20(28)15-8-10-16(11-9-15)22-14(3)17-18(26)23(4)21(29)24(5)19(17)27/h8-11,26H,6-7,12-13H2,1-5H3/p+1. The van der Waals surface area contributed by atoms with Crippen molar-refractivity contribution in [3.8, 4) is 5.88 Å². The first-order chi connectivity index (χ1) is 14.2. The van der Waals surface area contributed by atoms with E-state index >= 15 is 0 Å². The third-order valence-corrected chi connectivity index (χ3v) is 5.08. The number of carbonyl (C=O) groups excluding carboxylic acids is 1. The van der Waals surface area contributed by atoms with Crippen LogP contribution < -0.4 is 16.1 Å². The van der Waals surface area contributed by atoms with E-state index in [1.165, 1.54) is 19.0 Å². The number of aromatic nitrogens is 2. The maximum atomic E-state index is 12.4. The smallest absolute Gasteiger partial charge is 0.338 e. The zero-order chi connectivity index (χ0) is 22.4. The van der Waals surface area contributed by atoms with Crippen molar-refractivity contribution >= 4 is 17.4 Å². The molecule has 0 aliphatic carbocycles. The van der Waals surface area contributed by atoms with Gasteiger partial charge in [0.2, 0.25) is 5.88 Å². The van der Waals surface area contributed by atoms with Crippen molar-refractivity contribution in [2.45, 2.75) is 20.8 Å².